The maximum atomic E-state index is 11.0. The Morgan fingerprint density at radius 2 is 2.25 bits per heavy atom. The van der Waals surface area contributed by atoms with Crippen LogP contribution in [0, 0.1) is 5.92 Å². The summed E-state index contributed by atoms with van der Waals surface area (Å²) in [6, 6.07) is 5.70. The van der Waals surface area contributed by atoms with Crippen molar-refractivity contribution in [2.24, 2.45) is 11.7 Å². The molecule has 1 atom stereocenters. The van der Waals surface area contributed by atoms with Crippen molar-refractivity contribution in [3.05, 3.63) is 28.8 Å². The average Bonchev–Trinajstić information content (AvgIpc) is 2.99. The molecule has 1 fully saturated rings. The van der Waals surface area contributed by atoms with Gasteiger partial charge in [-0.1, -0.05) is 11.6 Å². The lowest BCUT2D eigenvalue weighted by Crippen LogP contribution is -2.17. The van der Waals surface area contributed by atoms with Crippen LogP contribution in [0.2, 0.25) is 5.02 Å². The van der Waals surface area contributed by atoms with Gasteiger partial charge in [0.25, 0.3) is 0 Å². The summed E-state index contributed by atoms with van der Waals surface area (Å²) < 4.78 is 0. The van der Waals surface area contributed by atoms with E-state index in [1.807, 2.05) is 6.07 Å². The minimum absolute atomic E-state index is 0.367. The number of carbonyl (C=O) groups excluding carboxylic acids is 1. The normalized spacial score (nSPS) is 16.9. The fourth-order valence-electron chi connectivity index (χ4n) is 1.78. The van der Waals surface area contributed by atoms with Gasteiger partial charge in [-0.2, -0.15) is 0 Å². The van der Waals surface area contributed by atoms with E-state index in [1.54, 1.807) is 12.1 Å². The molecule has 1 aliphatic carbocycles. The highest BCUT2D eigenvalue weighted by molar-refractivity contribution is 6.34. The third-order valence-electron chi connectivity index (χ3n) is 2.96. The number of nitrogens with two attached hydrogens (primary N) is 1. The second kappa shape index (κ2) is 4.34. The van der Waals surface area contributed by atoms with E-state index in [0.29, 0.717) is 16.6 Å². The molecular formula is C12H15ClN2O. The zero-order valence-electron chi connectivity index (χ0n) is 9.16. The molecule has 1 aromatic rings. The molecule has 0 heterocycles. The molecular weight excluding hydrogens is 224 g/mol. The number of benzene rings is 1. The second-order valence-electron chi connectivity index (χ2n) is 4.33. The zero-order valence-corrected chi connectivity index (χ0v) is 9.92. The maximum Gasteiger partial charge on any atom is 0.250 e. The second-order valence-corrected chi connectivity index (χ2v) is 4.74. The van der Waals surface area contributed by atoms with Crippen molar-refractivity contribution < 1.29 is 4.79 Å². The lowest BCUT2D eigenvalue weighted by Gasteiger charge is -2.14. The van der Waals surface area contributed by atoms with Crippen LogP contribution in [0.15, 0.2) is 18.2 Å². The van der Waals surface area contributed by atoms with Gasteiger partial charge < -0.3 is 11.1 Å². The molecule has 86 valence electrons. The molecule has 1 unspecified atom stereocenters. The van der Waals surface area contributed by atoms with E-state index >= 15 is 0 Å². The number of amides is 1. The summed E-state index contributed by atoms with van der Waals surface area (Å²) in [5.41, 5.74) is 6.49. The number of hydrogen-bond donors (Lipinski definition) is 2. The standard InChI is InChI=1S/C12H15ClN2O/c1-7(8-2-3-8)15-9-4-5-10(12(14)16)11(13)6-9/h4-8,15H,2-3H2,1H3,(H2,14,16). The Kier molecular flexibility index (Phi) is 3.06. The molecule has 1 aliphatic rings. The van der Waals surface area contributed by atoms with Crippen molar-refractivity contribution in [1.29, 1.82) is 0 Å². The van der Waals surface area contributed by atoms with Crippen molar-refractivity contribution in [3.63, 3.8) is 0 Å². The molecule has 4 heteroatoms. The third kappa shape index (κ3) is 2.47. The first-order chi connectivity index (χ1) is 7.58. The van der Waals surface area contributed by atoms with E-state index in [9.17, 15) is 4.79 Å². The molecule has 2 rings (SSSR count). The molecule has 0 aliphatic heterocycles. The molecule has 0 aromatic heterocycles. The highest BCUT2D eigenvalue weighted by Gasteiger charge is 2.27. The van der Waals surface area contributed by atoms with E-state index in [2.05, 4.69) is 12.2 Å². The molecule has 0 radical (unpaired) electrons. The van der Waals surface area contributed by atoms with Gasteiger partial charge in [0.05, 0.1) is 10.6 Å². The number of anilines is 1. The van der Waals surface area contributed by atoms with Crippen molar-refractivity contribution in [2.45, 2.75) is 25.8 Å². The van der Waals surface area contributed by atoms with E-state index in [0.717, 1.165) is 11.6 Å². The van der Waals surface area contributed by atoms with E-state index < -0.39 is 5.91 Å². The zero-order chi connectivity index (χ0) is 11.7. The number of nitrogens with one attached hydrogen (secondary N) is 1. The van der Waals surface area contributed by atoms with Crippen LogP contribution in [-0.4, -0.2) is 11.9 Å². The van der Waals surface area contributed by atoms with Gasteiger partial charge in [-0.25, -0.2) is 0 Å². The largest absolute Gasteiger partial charge is 0.382 e. The Hall–Kier alpha value is -1.22. The number of carbonyl (C=O) groups is 1. The van der Waals surface area contributed by atoms with Crippen molar-refractivity contribution in [1.82, 2.24) is 0 Å². The van der Waals surface area contributed by atoms with Crippen LogP contribution in [0.3, 0.4) is 0 Å². The van der Waals surface area contributed by atoms with Crippen LogP contribution in [0.1, 0.15) is 30.1 Å². The lowest BCUT2D eigenvalue weighted by molar-refractivity contribution is 0.100. The molecule has 3 N–H and O–H groups in total. The van der Waals surface area contributed by atoms with E-state index in [1.165, 1.54) is 12.8 Å². The van der Waals surface area contributed by atoms with E-state index in [-0.39, 0.29) is 0 Å². The van der Waals surface area contributed by atoms with Gasteiger partial charge in [-0.3, -0.25) is 4.79 Å². The molecule has 1 aromatic carbocycles. The van der Waals surface area contributed by atoms with Crippen molar-refractivity contribution in [2.75, 3.05) is 5.32 Å². The molecule has 16 heavy (non-hydrogen) atoms. The van der Waals surface area contributed by atoms with E-state index in [4.69, 9.17) is 17.3 Å². The van der Waals surface area contributed by atoms with Gasteiger partial charge in [0.15, 0.2) is 0 Å². The predicted octanol–water partition coefficient (Wildman–Crippen LogP) is 2.65. The molecule has 0 spiro atoms. The fourth-order valence-corrected chi connectivity index (χ4v) is 2.06. The molecule has 0 bridgehead atoms. The Labute approximate surface area is 100.0 Å². The minimum atomic E-state index is -0.494. The van der Waals surface area contributed by atoms with Crippen LogP contribution in [0.5, 0.6) is 0 Å². The highest BCUT2D eigenvalue weighted by atomic mass is 35.5. The summed E-state index contributed by atoms with van der Waals surface area (Å²) >= 11 is 5.96. The van der Waals surface area contributed by atoms with Gasteiger partial charge in [-0.05, 0) is 43.9 Å². The maximum absolute atomic E-state index is 11.0. The highest BCUT2D eigenvalue weighted by Crippen LogP contribution is 2.34. The summed E-state index contributed by atoms with van der Waals surface area (Å²) in [6.07, 6.45) is 2.59. The van der Waals surface area contributed by atoms with Crippen LogP contribution in [0.25, 0.3) is 0 Å². The topological polar surface area (TPSA) is 55.1 Å². The summed E-state index contributed by atoms with van der Waals surface area (Å²) in [4.78, 5) is 11.0. The van der Waals surface area contributed by atoms with Crippen LogP contribution in [0.4, 0.5) is 5.69 Å². The molecule has 3 nitrogen and oxygen atoms in total. The average molecular weight is 239 g/mol. The first kappa shape index (κ1) is 11.3. The Morgan fingerprint density at radius 3 is 2.75 bits per heavy atom. The van der Waals surface area contributed by atoms with Gasteiger partial charge in [0, 0.05) is 11.7 Å². The molecule has 1 amide bonds. The smallest absolute Gasteiger partial charge is 0.250 e. The van der Waals surface area contributed by atoms with Crippen LogP contribution >= 0.6 is 11.6 Å². The van der Waals surface area contributed by atoms with Crippen LogP contribution in [-0.2, 0) is 0 Å². The first-order valence-corrected chi connectivity index (χ1v) is 5.81. The van der Waals surface area contributed by atoms with Gasteiger partial charge in [0.2, 0.25) is 5.91 Å². The molecule has 1 saturated carbocycles. The number of primary amides is 1. The Morgan fingerprint density at radius 1 is 1.56 bits per heavy atom. The van der Waals surface area contributed by atoms with Gasteiger partial charge in [0.1, 0.15) is 0 Å². The van der Waals surface area contributed by atoms with Crippen molar-refractivity contribution >= 4 is 23.2 Å². The third-order valence-corrected chi connectivity index (χ3v) is 3.27. The lowest BCUT2D eigenvalue weighted by atomic mass is 10.1. The monoisotopic (exact) mass is 238 g/mol. The summed E-state index contributed by atoms with van der Waals surface area (Å²) in [6.45, 7) is 2.16. The van der Waals surface area contributed by atoms with Gasteiger partial charge >= 0.3 is 0 Å². The minimum Gasteiger partial charge on any atom is -0.382 e. The fraction of sp³-hybridized carbons (Fsp3) is 0.417. The summed E-state index contributed by atoms with van der Waals surface area (Å²) in [5.74, 6) is 0.279. The number of hydrogen-bond acceptors (Lipinski definition) is 2. The van der Waals surface area contributed by atoms with Crippen LogP contribution < -0.4 is 11.1 Å². The van der Waals surface area contributed by atoms with Crippen molar-refractivity contribution in [3.8, 4) is 0 Å². The number of halogens is 1. The number of rotatable bonds is 4. The predicted molar refractivity (Wildman–Crippen MR) is 65.8 cm³/mol. The first-order valence-electron chi connectivity index (χ1n) is 5.44. The SMILES string of the molecule is CC(Nc1ccc(C(N)=O)c(Cl)c1)C1CC1. The summed E-state index contributed by atoms with van der Waals surface area (Å²) in [7, 11) is 0. The quantitative estimate of drug-likeness (QED) is 0.847. The molecule has 0 saturated heterocycles. The Balaban J connectivity index is 2.10. The Bertz CT molecular complexity index is 415. The van der Waals surface area contributed by atoms with Gasteiger partial charge in [-0.15, -0.1) is 0 Å². The summed E-state index contributed by atoms with van der Waals surface area (Å²) in [5, 5.41) is 3.78.